The summed E-state index contributed by atoms with van der Waals surface area (Å²) >= 11 is 1.84. The standard InChI is InChI=1S/C16H28N2S/c1-13-7-4-5-8-15(13)18(3)11-10-17-14(2)16-9-6-12-19-16/h6,9,12-15,17H,4-5,7-8,10-11H2,1-3H3. The number of nitrogens with zero attached hydrogens (tertiary/aromatic N) is 1. The first kappa shape index (κ1) is 15.0. The second kappa shape index (κ2) is 7.41. The van der Waals surface area contributed by atoms with E-state index in [1.165, 1.54) is 30.6 Å². The maximum atomic E-state index is 3.64. The largest absolute Gasteiger partial charge is 0.308 e. The summed E-state index contributed by atoms with van der Waals surface area (Å²) in [5.41, 5.74) is 0. The van der Waals surface area contributed by atoms with Crippen LogP contribution in [0.4, 0.5) is 0 Å². The molecule has 0 saturated heterocycles. The Labute approximate surface area is 122 Å². The fourth-order valence-corrected chi connectivity index (χ4v) is 3.97. The smallest absolute Gasteiger partial charge is 0.0386 e. The van der Waals surface area contributed by atoms with Gasteiger partial charge in [0, 0.05) is 30.1 Å². The van der Waals surface area contributed by atoms with Crippen molar-refractivity contribution in [3.8, 4) is 0 Å². The van der Waals surface area contributed by atoms with E-state index in [1.807, 2.05) is 11.3 Å². The van der Waals surface area contributed by atoms with Crippen LogP contribution in [0.3, 0.4) is 0 Å². The van der Waals surface area contributed by atoms with E-state index in [2.05, 4.69) is 48.6 Å². The zero-order valence-corrected chi connectivity index (χ0v) is 13.4. The number of likely N-dealkylation sites (N-methyl/N-ethyl adjacent to an activating group) is 1. The Morgan fingerprint density at radius 1 is 1.42 bits per heavy atom. The fourth-order valence-electron chi connectivity index (χ4n) is 3.21. The molecule has 1 aromatic heterocycles. The fraction of sp³-hybridized carbons (Fsp3) is 0.750. The van der Waals surface area contributed by atoms with Crippen molar-refractivity contribution in [2.24, 2.45) is 5.92 Å². The van der Waals surface area contributed by atoms with E-state index >= 15 is 0 Å². The van der Waals surface area contributed by atoms with Crippen LogP contribution in [0.1, 0.15) is 50.4 Å². The molecule has 19 heavy (non-hydrogen) atoms. The predicted octanol–water partition coefficient (Wildman–Crippen LogP) is 3.91. The van der Waals surface area contributed by atoms with Crippen molar-refractivity contribution in [2.75, 3.05) is 20.1 Å². The number of rotatable bonds is 6. The van der Waals surface area contributed by atoms with Gasteiger partial charge in [-0.2, -0.15) is 0 Å². The number of hydrogen-bond acceptors (Lipinski definition) is 3. The molecule has 0 spiro atoms. The van der Waals surface area contributed by atoms with E-state index in [1.54, 1.807) is 0 Å². The predicted molar refractivity (Wildman–Crippen MR) is 84.8 cm³/mol. The van der Waals surface area contributed by atoms with Crippen molar-refractivity contribution in [3.63, 3.8) is 0 Å². The van der Waals surface area contributed by atoms with Gasteiger partial charge in [0.25, 0.3) is 0 Å². The van der Waals surface area contributed by atoms with Gasteiger partial charge >= 0.3 is 0 Å². The molecule has 0 bridgehead atoms. The number of hydrogen-bond donors (Lipinski definition) is 1. The molecule has 2 nitrogen and oxygen atoms in total. The van der Waals surface area contributed by atoms with E-state index < -0.39 is 0 Å². The second-order valence-corrected chi connectivity index (χ2v) is 6.98. The van der Waals surface area contributed by atoms with Gasteiger partial charge < -0.3 is 10.2 Å². The minimum atomic E-state index is 0.483. The molecule has 1 heterocycles. The van der Waals surface area contributed by atoms with Crippen molar-refractivity contribution in [1.82, 2.24) is 10.2 Å². The first-order valence-corrected chi connectivity index (χ1v) is 8.53. The van der Waals surface area contributed by atoms with Gasteiger partial charge in [0.1, 0.15) is 0 Å². The summed E-state index contributed by atoms with van der Waals surface area (Å²) in [6.45, 7) is 6.92. The van der Waals surface area contributed by atoms with Crippen molar-refractivity contribution < 1.29 is 0 Å². The molecule has 1 fully saturated rings. The number of nitrogens with one attached hydrogen (secondary N) is 1. The molecule has 0 radical (unpaired) electrons. The summed E-state index contributed by atoms with van der Waals surface area (Å²) in [6, 6.07) is 5.63. The third-order valence-corrected chi connectivity index (χ3v) is 5.57. The topological polar surface area (TPSA) is 15.3 Å². The van der Waals surface area contributed by atoms with Crippen LogP contribution in [-0.2, 0) is 0 Å². The quantitative estimate of drug-likeness (QED) is 0.850. The van der Waals surface area contributed by atoms with Gasteiger partial charge in [-0.25, -0.2) is 0 Å². The van der Waals surface area contributed by atoms with Gasteiger partial charge in [-0.1, -0.05) is 25.8 Å². The van der Waals surface area contributed by atoms with Crippen LogP contribution in [0.15, 0.2) is 17.5 Å². The third-order valence-electron chi connectivity index (χ3n) is 4.52. The summed E-state index contributed by atoms with van der Waals surface area (Å²) < 4.78 is 0. The molecular formula is C16H28N2S. The number of thiophene rings is 1. The van der Waals surface area contributed by atoms with Gasteiger partial charge in [0.2, 0.25) is 0 Å². The lowest BCUT2D eigenvalue weighted by molar-refractivity contribution is 0.139. The summed E-state index contributed by atoms with van der Waals surface area (Å²) in [5.74, 6) is 0.869. The third kappa shape index (κ3) is 4.30. The Hall–Kier alpha value is -0.380. The molecule has 1 saturated carbocycles. The van der Waals surface area contributed by atoms with Gasteiger partial charge in [-0.05, 0) is 44.2 Å². The minimum absolute atomic E-state index is 0.483. The maximum absolute atomic E-state index is 3.64. The minimum Gasteiger partial charge on any atom is -0.308 e. The first-order valence-electron chi connectivity index (χ1n) is 7.65. The highest BCUT2D eigenvalue weighted by Crippen LogP contribution is 2.27. The van der Waals surface area contributed by atoms with E-state index in [-0.39, 0.29) is 0 Å². The lowest BCUT2D eigenvalue weighted by Crippen LogP contribution is -2.42. The maximum Gasteiger partial charge on any atom is 0.0386 e. The van der Waals surface area contributed by atoms with Crippen molar-refractivity contribution in [2.45, 2.75) is 51.6 Å². The molecule has 1 aromatic rings. The van der Waals surface area contributed by atoms with Gasteiger partial charge in [-0.15, -0.1) is 11.3 Å². The zero-order valence-electron chi connectivity index (χ0n) is 12.6. The van der Waals surface area contributed by atoms with Crippen LogP contribution in [0.2, 0.25) is 0 Å². The van der Waals surface area contributed by atoms with Crippen LogP contribution >= 0.6 is 11.3 Å². The summed E-state index contributed by atoms with van der Waals surface area (Å²) in [4.78, 5) is 4.01. The van der Waals surface area contributed by atoms with Crippen LogP contribution in [0.25, 0.3) is 0 Å². The summed E-state index contributed by atoms with van der Waals surface area (Å²) in [7, 11) is 2.30. The van der Waals surface area contributed by atoms with Crippen LogP contribution in [0, 0.1) is 5.92 Å². The van der Waals surface area contributed by atoms with Crippen molar-refractivity contribution in [3.05, 3.63) is 22.4 Å². The van der Waals surface area contributed by atoms with E-state index in [0.717, 1.165) is 25.0 Å². The van der Waals surface area contributed by atoms with Crippen LogP contribution < -0.4 is 5.32 Å². The molecule has 108 valence electrons. The molecule has 0 aromatic carbocycles. The zero-order chi connectivity index (χ0) is 13.7. The summed E-state index contributed by atoms with van der Waals surface area (Å²) in [6.07, 6.45) is 5.64. The summed E-state index contributed by atoms with van der Waals surface area (Å²) in [5, 5.41) is 5.79. The molecule has 3 heteroatoms. The van der Waals surface area contributed by atoms with Crippen molar-refractivity contribution in [1.29, 1.82) is 0 Å². The lowest BCUT2D eigenvalue weighted by Gasteiger charge is -2.36. The molecule has 0 aliphatic heterocycles. The van der Waals surface area contributed by atoms with Gasteiger partial charge in [0.15, 0.2) is 0 Å². The van der Waals surface area contributed by atoms with Crippen molar-refractivity contribution >= 4 is 11.3 Å². The molecule has 1 N–H and O–H groups in total. The second-order valence-electron chi connectivity index (χ2n) is 6.00. The Balaban J connectivity index is 1.70. The van der Waals surface area contributed by atoms with E-state index in [0.29, 0.717) is 6.04 Å². The molecular weight excluding hydrogens is 252 g/mol. The average molecular weight is 280 g/mol. The normalized spacial score (nSPS) is 25.7. The molecule has 0 amide bonds. The Bertz CT molecular complexity index is 350. The monoisotopic (exact) mass is 280 g/mol. The highest BCUT2D eigenvalue weighted by atomic mass is 32.1. The van der Waals surface area contributed by atoms with E-state index in [9.17, 15) is 0 Å². The van der Waals surface area contributed by atoms with Crippen LogP contribution in [0.5, 0.6) is 0 Å². The van der Waals surface area contributed by atoms with Crippen LogP contribution in [-0.4, -0.2) is 31.1 Å². The SMILES string of the molecule is CC(NCCN(C)C1CCCCC1C)c1cccs1. The molecule has 1 aliphatic rings. The first-order chi connectivity index (χ1) is 9.18. The highest BCUT2D eigenvalue weighted by molar-refractivity contribution is 7.10. The Morgan fingerprint density at radius 3 is 2.89 bits per heavy atom. The average Bonchev–Trinajstić information content (AvgIpc) is 2.93. The lowest BCUT2D eigenvalue weighted by atomic mass is 9.85. The van der Waals surface area contributed by atoms with Gasteiger partial charge in [-0.3, -0.25) is 0 Å². The molecule has 3 unspecified atom stereocenters. The Kier molecular flexibility index (Phi) is 5.86. The van der Waals surface area contributed by atoms with E-state index in [4.69, 9.17) is 0 Å². The Morgan fingerprint density at radius 2 is 2.21 bits per heavy atom. The molecule has 3 atom stereocenters. The molecule has 1 aliphatic carbocycles. The van der Waals surface area contributed by atoms with Gasteiger partial charge in [0.05, 0.1) is 0 Å². The highest BCUT2D eigenvalue weighted by Gasteiger charge is 2.24. The molecule has 2 rings (SSSR count).